The lowest BCUT2D eigenvalue weighted by atomic mass is 10.3. The smallest absolute Gasteiger partial charge is 0.229 e. The molecule has 0 saturated heterocycles. The highest BCUT2D eigenvalue weighted by Gasteiger charge is 2.31. The third-order valence-electron chi connectivity index (χ3n) is 2.68. The van der Waals surface area contributed by atoms with Crippen LogP contribution in [0.15, 0.2) is 24.3 Å². The third-order valence-corrected chi connectivity index (χ3v) is 2.93. The molecule has 1 aliphatic rings. The fraction of sp³-hybridized carbons (Fsp3) is 0.273. The normalized spacial score (nSPS) is 15.4. The largest absolute Gasteiger partial charge is 0.267 e. The van der Waals surface area contributed by atoms with Crippen LogP contribution in [0.5, 0.6) is 0 Å². The summed E-state index contributed by atoms with van der Waals surface area (Å²) in [5.74, 6) is 0.820. The SMILES string of the molecule is Fc1ccccc1-n1c(Cl)nnc1C1CC1. The van der Waals surface area contributed by atoms with Gasteiger partial charge in [0.05, 0.1) is 5.69 Å². The second kappa shape index (κ2) is 3.56. The van der Waals surface area contributed by atoms with Gasteiger partial charge in [-0.3, -0.25) is 4.57 Å². The molecular formula is C11H9ClFN3. The molecule has 2 aromatic rings. The van der Waals surface area contributed by atoms with Crippen molar-refractivity contribution in [2.75, 3.05) is 0 Å². The highest BCUT2D eigenvalue weighted by Crippen LogP contribution is 2.40. The van der Waals surface area contributed by atoms with Crippen molar-refractivity contribution in [1.82, 2.24) is 14.8 Å². The molecule has 0 unspecified atom stereocenters. The molecule has 1 fully saturated rings. The zero-order valence-electron chi connectivity index (χ0n) is 8.40. The van der Waals surface area contributed by atoms with Crippen molar-refractivity contribution in [3.63, 3.8) is 0 Å². The first-order valence-corrected chi connectivity index (χ1v) is 5.51. The molecule has 5 heteroatoms. The van der Waals surface area contributed by atoms with E-state index >= 15 is 0 Å². The zero-order valence-corrected chi connectivity index (χ0v) is 9.15. The summed E-state index contributed by atoms with van der Waals surface area (Å²) in [7, 11) is 0. The van der Waals surface area contributed by atoms with Crippen molar-refractivity contribution in [3.8, 4) is 5.69 Å². The van der Waals surface area contributed by atoms with Gasteiger partial charge in [0.15, 0.2) is 0 Å². The lowest BCUT2D eigenvalue weighted by molar-refractivity contribution is 0.615. The Morgan fingerprint density at radius 3 is 2.69 bits per heavy atom. The van der Waals surface area contributed by atoms with Crippen molar-refractivity contribution in [2.24, 2.45) is 0 Å². The molecule has 0 N–H and O–H groups in total. The van der Waals surface area contributed by atoms with Crippen molar-refractivity contribution in [1.29, 1.82) is 0 Å². The van der Waals surface area contributed by atoms with E-state index < -0.39 is 0 Å². The molecule has 1 aliphatic carbocycles. The van der Waals surface area contributed by atoms with E-state index in [1.165, 1.54) is 6.07 Å². The summed E-state index contributed by atoms with van der Waals surface area (Å²) in [6, 6.07) is 6.50. The van der Waals surface area contributed by atoms with Crippen LogP contribution in [0.4, 0.5) is 4.39 Å². The van der Waals surface area contributed by atoms with Crippen LogP contribution in [0.25, 0.3) is 5.69 Å². The van der Waals surface area contributed by atoms with E-state index in [9.17, 15) is 4.39 Å². The Morgan fingerprint density at radius 1 is 1.25 bits per heavy atom. The van der Waals surface area contributed by atoms with Crippen LogP contribution in [0.3, 0.4) is 0 Å². The molecule has 3 nitrogen and oxygen atoms in total. The van der Waals surface area contributed by atoms with Crippen molar-refractivity contribution >= 4 is 11.6 Å². The van der Waals surface area contributed by atoms with Gasteiger partial charge in [-0.25, -0.2) is 4.39 Å². The van der Waals surface area contributed by atoms with E-state index in [2.05, 4.69) is 10.2 Å². The van der Waals surface area contributed by atoms with Crippen molar-refractivity contribution in [3.05, 3.63) is 41.2 Å². The number of halogens is 2. The molecule has 1 aromatic heterocycles. The van der Waals surface area contributed by atoms with E-state index in [1.54, 1.807) is 22.8 Å². The van der Waals surface area contributed by atoms with Crippen LogP contribution in [0.1, 0.15) is 24.6 Å². The number of hydrogen-bond donors (Lipinski definition) is 0. The van der Waals surface area contributed by atoms with Gasteiger partial charge in [-0.2, -0.15) is 0 Å². The number of nitrogens with zero attached hydrogens (tertiary/aromatic N) is 3. The van der Waals surface area contributed by atoms with Crippen LogP contribution >= 0.6 is 11.6 Å². The van der Waals surface area contributed by atoms with E-state index in [0.717, 1.165) is 18.7 Å². The van der Waals surface area contributed by atoms with E-state index in [0.29, 0.717) is 11.6 Å². The number of rotatable bonds is 2. The second-order valence-electron chi connectivity index (χ2n) is 3.89. The number of para-hydroxylation sites is 1. The lowest BCUT2D eigenvalue weighted by Crippen LogP contribution is -2.02. The third kappa shape index (κ3) is 1.50. The van der Waals surface area contributed by atoms with Crippen LogP contribution in [-0.2, 0) is 0 Å². The summed E-state index contributed by atoms with van der Waals surface area (Å²) >= 11 is 5.95. The van der Waals surface area contributed by atoms with Gasteiger partial charge in [-0.1, -0.05) is 12.1 Å². The highest BCUT2D eigenvalue weighted by molar-refractivity contribution is 6.28. The first-order chi connectivity index (χ1) is 7.77. The zero-order chi connectivity index (χ0) is 11.1. The molecule has 82 valence electrons. The first-order valence-electron chi connectivity index (χ1n) is 5.13. The maximum Gasteiger partial charge on any atom is 0.229 e. The topological polar surface area (TPSA) is 30.7 Å². The van der Waals surface area contributed by atoms with E-state index in [1.807, 2.05) is 0 Å². The number of aromatic nitrogens is 3. The minimum atomic E-state index is -0.314. The fourth-order valence-electron chi connectivity index (χ4n) is 1.74. The maximum absolute atomic E-state index is 13.7. The monoisotopic (exact) mass is 237 g/mol. The first kappa shape index (κ1) is 9.78. The molecule has 0 radical (unpaired) electrons. The molecule has 3 rings (SSSR count). The molecule has 1 saturated carbocycles. The summed E-state index contributed by atoms with van der Waals surface area (Å²) in [4.78, 5) is 0. The van der Waals surface area contributed by atoms with Gasteiger partial charge in [-0.15, -0.1) is 10.2 Å². The molecule has 1 aromatic carbocycles. The van der Waals surface area contributed by atoms with Gasteiger partial charge < -0.3 is 0 Å². The Labute approximate surface area is 96.9 Å². The Balaban J connectivity index is 2.18. The average Bonchev–Trinajstić information content (AvgIpc) is 3.04. The van der Waals surface area contributed by atoms with Gasteiger partial charge >= 0.3 is 0 Å². The molecule has 0 bridgehead atoms. The summed E-state index contributed by atoms with van der Waals surface area (Å²) in [5.41, 5.74) is 0.416. The Kier molecular flexibility index (Phi) is 2.17. The van der Waals surface area contributed by atoms with Crippen molar-refractivity contribution < 1.29 is 4.39 Å². The van der Waals surface area contributed by atoms with E-state index in [-0.39, 0.29) is 11.1 Å². The minimum absolute atomic E-state index is 0.215. The van der Waals surface area contributed by atoms with Gasteiger partial charge in [0.2, 0.25) is 5.28 Å². The molecular weight excluding hydrogens is 229 g/mol. The highest BCUT2D eigenvalue weighted by atomic mass is 35.5. The fourth-order valence-corrected chi connectivity index (χ4v) is 1.95. The van der Waals surface area contributed by atoms with Crippen LogP contribution < -0.4 is 0 Å². The molecule has 1 heterocycles. The molecule has 0 aliphatic heterocycles. The average molecular weight is 238 g/mol. The van der Waals surface area contributed by atoms with Crippen LogP contribution in [0.2, 0.25) is 5.28 Å². The Bertz CT molecular complexity index is 534. The summed E-state index contributed by atoms with van der Waals surface area (Å²) in [6.45, 7) is 0. The number of hydrogen-bond acceptors (Lipinski definition) is 2. The minimum Gasteiger partial charge on any atom is -0.267 e. The van der Waals surface area contributed by atoms with Crippen LogP contribution in [-0.4, -0.2) is 14.8 Å². The van der Waals surface area contributed by atoms with E-state index in [4.69, 9.17) is 11.6 Å². The molecule has 16 heavy (non-hydrogen) atoms. The predicted octanol–water partition coefficient (Wildman–Crippen LogP) is 2.94. The second-order valence-corrected chi connectivity index (χ2v) is 4.23. The van der Waals surface area contributed by atoms with Crippen LogP contribution in [0, 0.1) is 5.82 Å². The van der Waals surface area contributed by atoms with Crippen molar-refractivity contribution in [2.45, 2.75) is 18.8 Å². The van der Waals surface area contributed by atoms with Gasteiger partial charge in [-0.05, 0) is 36.6 Å². The molecule has 0 atom stereocenters. The summed E-state index contributed by atoms with van der Waals surface area (Å²) in [6.07, 6.45) is 2.15. The predicted molar refractivity (Wildman–Crippen MR) is 58.3 cm³/mol. The maximum atomic E-state index is 13.7. The number of benzene rings is 1. The summed E-state index contributed by atoms with van der Waals surface area (Å²) in [5, 5.41) is 8.03. The standard InChI is InChI=1S/C11H9ClFN3/c12-11-15-14-10(7-5-6-7)16(11)9-4-2-1-3-8(9)13/h1-4,7H,5-6H2. The van der Waals surface area contributed by atoms with Gasteiger partial charge in [0, 0.05) is 5.92 Å². The Morgan fingerprint density at radius 2 is 2.00 bits per heavy atom. The molecule has 0 spiro atoms. The lowest BCUT2D eigenvalue weighted by Gasteiger charge is -2.07. The van der Waals surface area contributed by atoms with Gasteiger partial charge in [0.25, 0.3) is 0 Å². The quantitative estimate of drug-likeness (QED) is 0.804. The summed E-state index contributed by atoms with van der Waals surface area (Å²) < 4.78 is 15.3. The molecule has 0 amide bonds. The van der Waals surface area contributed by atoms with Gasteiger partial charge in [0.1, 0.15) is 11.6 Å². The Hall–Kier alpha value is -1.42.